The second-order valence-corrected chi connectivity index (χ2v) is 5.29. The lowest BCUT2D eigenvalue weighted by Crippen LogP contribution is -2.01. The maximum Gasteiger partial charge on any atom is 0.335 e. The van der Waals surface area contributed by atoms with Crippen molar-refractivity contribution in [2.45, 2.75) is 0 Å². The summed E-state index contributed by atoms with van der Waals surface area (Å²) in [6.07, 6.45) is 0. The molecule has 0 unspecified atom stereocenters. The maximum absolute atomic E-state index is 12.0. The Morgan fingerprint density at radius 3 is 2.52 bits per heavy atom. The Balaban J connectivity index is 1.94. The number of para-hydroxylation sites is 1. The fraction of sp³-hybridized carbons (Fsp3) is 0. The molecule has 1 heterocycles. The Hall–Kier alpha value is -2.73. The average Bonchev–Trinajstić information content (AvgIpc) is 2.48. The number of aromatic carboxylic acids is 1. The van der Waals surface area contributed by atoms with E-state index in [9.17, 15) is 9.59 Å². The average molecular weight is 298 g/mol. The molecule has 0 radical (unpaired) electrons. The zero-order valence-corrected chi connectivity index (χ0v) is 11.6. The van der Waals surface area contributed by atoms with Crippen LogP contribution in [0.2, 0.25) is 0 Å². The summed E-state index contributed by atoms with van der Waals surface area (Å²) in [4.78, 5) is 27.2. The van der Waals surface area contributed by atoms with Crippen LogP contribution >= 0.6 is 11.3 Å². The fourth-order valence-electron chi connectivity index (χ4n) is 1.89. The lowest BCUT2D eigenvalue weighted by Gasteiger charge is -2.05. The maximum atomic E-state index is 12.0. The summed E-state index contributed by atoms with van der Waals surface area (Å²) in [5.41, 5.74) is 1.52. The third-order valence-corrected chi connectivity index (χ3v) is 3.71. The van der Waals surface area contributed by atoms with Gasteiger partial charge in [-0.25, -0.2) is 9.78 Å². The van der Waals surface area contributed by atoms with E-state index in [0.717, 1.165) is 11.3 Å². The van der Waals surface area contributed by atoms with Crippen LogP contribution in [0.3, 0.4) is 0 Å². The Bertz CT molecular complexity index is 872. The van der Waals surface area contributed by atoms with Crippen molar-refractivity contribution in [2.75, 3.05) is 5.32 Å². The fourth-order valence-corrected chi connectivity index (χ4v) is 2.66. The van der Waals surface area contributed by atoms with Crippen LogP contribution in [0.1, 0.15) is 10.4 Å². The lowest BCUT2D eigenvalue weighted by molar-refractivity contribution is 0.0697. The van der Waals surface area contributed by atoms with Crippen molar-refractivity contribution in [2.24, 2.45) is 0 Å². The number of carboxylic acid groups (broad SMARTS) is 1. The predicted molar refractivity (Wildman–Crippen MR) is 82.6 cm³/mol. The number of rotatable bonds is 3. The highest BCUT2D eigenvalue weighted by molar-refractivity contribution is 7.13. The second-order valence-electron chi connectivity index (χ2n) is 4.33. The molecule has 104 valence electrons. The zero-order valence-electron chi connectivity index (χ0n) is 10.7. The first-order valence-electron chi connectivity index (χ1n) is 6.14. The Labute approximate surface area is 123 Å². The molecular weight excluding hydrogens is 288 g/mol. The minimum atomic E-state index is -0.977. The molecule has 6 heteroatoms. The molecule has 0 amide bonds. The van der Waals surface area contributed by atoms with E-state index in [1.54, 1.807) is 30.3 Å². The first kappa shape index (κ1) is 13.3. The van der Waals surface area contributed by atoms with Gasteiger partial charge in [-0.3, -0.25) is 4.79 Å². The van der Waals surface area contributed by atoms with Crippen molar-refractivity contribution in [3.05, 3.63) is 63.6 Å². The van der Waals surface area contributed by atoms with E-state index in [-0.39, 0.29) is 10.3 Å². The molecule has 0 saturated carbocycles. The van der Waals surface area contributed by atoms with Gasteiger partial charge in [0.05, 0.1) is 16.5 Å². The van der Waals surface area contributed by atoms with Gasteiger partial charge in [0.1, 0.15) is 0 Å². The molecule has 3 aromatic rings. The minimum absolute atomic E-state index is 0.0646. The zero-order chi connectivity index (χ0) is 14.8. The van der Waals surface area contributed by atoms with Gasteiger partial charge in [0.15, 0.2) is 5.13 Å². The number of hydrogen-bond acceptors (Lipinski definition) is 5. The second kappa shape index (κ2) is 5.34. The number of benzene rings is 2. The predicted octanol–water partition coefficient (Wildman–Crippen LogP) is 3.10. The smallest absolute Gasteiger partial charge is 0.335 e. The van der Waals surface area contributed by atoms with E-state index >= 15 is 0 Å². The van der Waals surface area contributed by atoms with Crippen molar-refractivity contribution in [1.82, 2.24) is 4.98 Å². The van der Waals surface area contributed by atoms with E-state index < -0.39 is 5.97 Å². The SMILES string of the molecule is O=C(O)c1ccc(Nc2nc3ccccc3c(=O)s2)cc1. The number of hydrogen-bond donors (Lipinski definition) is 2. The molecule has 0 atom stereocenters. The van der Waals surface area contributed by atoms with Gasteiger partial charge in [0.25, 0.3) is 0 Å². The highest BCUT2D eigenvalue weighted by Crippen LogP contribution is 2.20. The molecule has 1 aromatic heterocycles. The van der Waals surface area contributed by atoms with E-state index in [4.69, 9.17) is 5.11 Å². The summed E-state index contributed by atoms with van der Waals surface area (Å²) in [6.45, 7) is 0. The molecule has 0 aliphatic heterocycles. The number of nitrogens with zero attached hydrogens (tertiary/aromatic N) is 1. The van der Waals surface area contributed by atoms with E-state index in [1.165, 1.54) is 12.1 Å². The quantitative estimate of drug-likeness (QED) is 0.776. The number of aromatic nitrogens is 1. The molecule has 0 bridgehead atoms. The Morgan fingerprint density at radius 2 is 1.81 bits per heavy atom. The van der Waals surface area contributed by atoms with Gasteiger partial charge >= 0.3 is 5.97 Å². The van der Waals surface area contributed by atoms with Crippen molar-refractivity contribution in [3.63, 3.8) is 0 Å². The van der Waals surface area contributed by atoms with Gasteiger partial charge in [0, 0.05) is 5.69 Å². The van der Waals surface area contributed by atoms with Crippen molar-refractivity contribution >= 4 is 39.0 Å². The first-order chi connectivity index (χ1) is 10.1. The molecule has 5 nitrogen and oxygen atoms in total. The van der Waals surface area contributed by atoms with E-state index in [0.29, 0.717) is 21.7 Å². The standard InChI is InChI=1S/C15H10N2O3S/c18-13(19)9-5-7-10(8-6-9)16-15-17-12-4-2-1-3-11(12)14(20)21-15/h1-8H,(H,16,17)(H,18,19). The number of carboxylic acids is 1. The molecule has 3 rings (SSSR count). The molecular formula is C15H10N2O3S. The third kappa shape index (κ3) is 2.75. The van der Waals surface area contributed by atoms with Crippen LogP contribution in [0, 0.1) is 0 Å². The van der Waals surface area contributed by atoms with E-state index in [2.05, 4.69) is 10.3 Å². The van der Waals surface area contributed by atoms with Crippen LogP contribution in [0.15, 0.2) is 53.3 Å². The van der Waals surface area contributed by atoms with Gasteiger partial charge in [-0.05, 0) is 36.4 Å². The molecule has 21 heavy (non-hydrogen) atoms. The minimum Gasteiger partial charge on any atom is -0.478 e. The van der Waals surface area contributed by atoms with Crippen LogP contribution in [0.25, 0.3) is 10.9 Å². The van der Waals surface area contributed by atoms with Crippen LogP contribution < -0.4 is 10.1 Å². The van der Waals surface area contributed by atoms with E-state index in [1.807, 2.05) is 6.07 Å². The molecule has 0 aliphatic rings. The molecule has 2 aromatic carbocycles. The summed E-state index contributed by atoms with van der Waals surface area (Å²) >= 11 is 1.02. The Morgan fingerprint density at radius 1 is 1.10 bits per heavy atom. The molecule has 2 N–H and O–H groups in total. The topological polar surface area (TPSA) is 79.3 Å². The summed E-state index contributed by atoms with van der Waals surface area (Å²) in [5.74, 6) is -0.977. The van der Waals surface area contributed by atoms with Crippen LogP contribution in [0.5, 0.6) is 0 Å². The largest absolute Gasteiger partial charge is 0.478 e. The molecule has 0 aliphatic carbocycles. The number of nitrogens with one attached hydrogen (secondary N) is 1. The van der Waals surface area contributed by atoms with Crippen LogP contribution in [-0.2, 0) is 0 Å². The van der Waals surface area contributed by atoms with Gasteiger partial charge < -0.3 is 10.4 Å². The number of fused-ring (bicyclic) bond motifs is 1. The van der Waals surface area contributed by atoms with Crippen LogP contribution in [-0.4, -0.2) is 16.1 Å². The summed E-state index contributed by atoms with van der Waals surface area (Å²) in [7, 11) is 0. The highest BCUT2D eigenvalue weighted by atomic mass is 32.1. The monoisotopic (exact) mass is 298 g/mol. The summed E-state index contributed by atoms with van der Waals surface area (Å²) in [5, 5.41) is 12.9. The summed E-state index contributed by atoms with van der Waals surface area (Å²) in [6, 6.07) is 13.4. The number of carbonyl (C=O) groups is 1. The molecule has 0 spiro atoms. The Kier molecular flexibility index (Phi) is 3.37. The van der Waals surface area contributed by atoms with Gasteiger partial charge in [-0.15, -0.1) is 0 Å². The highest BCUT2D eigenvalue weighted by Gasteiger charge is 2.05. The van der Waals surface area contributed by atoms with Gasteiger partial charge in [-0.1, -0.05) is 23.5 Å². The van der Waals surface area contributed by atoms with Gasteiger partial charge in [0.2, 0.25) is 4.74 Å². The molecule has 0 fully saturated rings. The lowest BCUT2D eigenvalue weighted by atomic mass is 10.2. The third-order valence-electron chi connectivity index (χ3n) is 2.92. The first-order valence-corrected chi connectivity index (χ1v) is 6.95. The van der Waals surface area contributed by atoms with Crippen molar-refractivity contribution < 1.29 is 9.90 Å². The van der Waals surface area contributed by atoms with Crippen molar-refractivity contribution in [3.8, 4) is 0 Å². The van der Waals surface area contributed by atoms with Crippen LogP contribution in [0.4, 0.5) is 10.8 Å². The molecule has 0 saturated heterocycles. The summed E-state index contributed by atoms with van der Waals surface area (Å²) < 4.78 is -0.0646. The number of anilines is 2. The van der Waals surface area contributed by atoms with Gasteiger partial charge in [-0.2, -0.15) is 0 Å². The van der Waals surface area contributed by atoms with Crippen molar-refractivity contribution in [1.29, 1.82) is 0 Å². The normalized spacial score (nSPS) is 10.5.